The SMILES string of the molecule is O=C(Cc1c[nH]c2ccccc12)Nc1ccc(=O)[nH]n1. The summed E-state index contributed by atoms with van der Waals surface area (Å²) in [7, 11) is 0. The van der Waals surface area contributed by atoms with Gasteiger partial charge in [0.15, 0.2) is 5.82 Å². The molecule has 1 amide bonds. The Kier molecular flexibility index (Phi) is 3.04. The molecule has 0 unspecified atom stereocenters. The summed E-state index contributed by atoms with van der Waals surface area (Å²) in [5.74, 6) is 0.142. The minimum absolute atomic E-state index is 0.186. The van der Waals surface area contributed by atoms with Crippen molar-refractivity contribution in [1.29, 1.82) is 0 Å². The first-order valence-electron chi connectivity index (χ1n) is 6.13. The largest absolute Gasteiger partial charge is 0.361 e. The second-order valence-corrected chi connectivity index (χ2v) is 4.39. The van der Waals surface area contributed by atoms with E-state index >= 15 is 0 Å². The van der Waals surface area contributed by atoms with Crippen molar-refractivity contribution in [3.05, 3.63) is 58.5 Å². The van der Waals surface area contributed by atoms with E-state index in [-0.39, 0.29) is 17.9 Å². The lowest BCUT2D eigenvalue weighted by molar-refractivity contribution is -0.115. The zero-order valence-corrected chi connectivity index (χ0v) is 10.5. The zero-order chi connectivity index (χ0) is 13.9. The quantitative estimate of drug-likeness (QED) is 0.671. The summed E-state index contributed by atoms with van der Waals surface area (Å²) in [5, 5.41) is 9.66. The third-order valence-corrected chi connectivity index (χ3v) is 2.97. The molecule has 2 heterocycles. The van der Waals surface area contributed by atoms with Crippen molar-refractivity contribution < 1.29 is 4.79 Å². The molecule has 0 saturated carbocycles. The standard InChI is InChI=1S/C14H12N4O2/c19-13-6-5-12(17-18-13)16-14(20)7-9-8-15-11-4-2-1-3-10(9)11/h1-6,8,15H,7H2,(H,18,19)(H,16,17,20). The van der Waals surface area contributed by atoms with Crippen LogP contribution in [-0.4, -0.2) is 21.1 Å². The Labute approximate surface area is 113 Å². The van der Waals surface area contributed by atoms with Crippen LogP contribution in [0.5, 0.6) is 0 Å². The number of benzene rings is 1. The number of amides is 1. The predicted molar refractivity (Wildman–Crippen MR) is 75.5 cm³/mol. The lowest BCUT2D eigenvalue weighted by Gasteiger charge is -2.02. The molecule has 6 heteroatoms. The maximum absolute atomic E-state index is 12.0. The molecule has 2 aromatic heterocycles. The fourth-order valence-corrected chi connectivity index (χ4v) is 2.05. The summed E-state index contributed by atoms with van der Waals surface area (Å²) in [6, 6.07) is 10.6. The topological polar surface area (TPSA) is 90.6 Å². The zero-order valence-electron chi connectivity index (χ0n) is 10.5. The van der Waals surface area contributed by atoms with Crippen LogP contribution in [0.15, 0.2) is 47.4 Å². The molecular weight excluding hydrogens is 256 g/mol. The smallest absolute Gasteiger partial charge is 0.264 e. The fourth-order valence-electron chi connectivity index (χ4n) is 2.05. The van der Waals surface area contributed by atoms with E-state index in [1.807, 2.05) is 30.5 Å². The normalized spacial score (nSPS) is 10.6. The number of fused-ring (bicyclic) bond motifs is 1. The second kappa shape index (κ2) is 5.00. The van der Waals surface area contributed by atoms with Crippen molar-refractivity contribution in [1.82, 2.24) is 15.2 Å². The molecule has 20 heavy (non-hydrogen) atoms. The van der Waals surface area contributed by atoms with Crippen LogP contribution < -0.4 is 10.9 Å². The Balaban J connectivity index is 1.76. The first-order chi connectivity index (χ1) is 9.72. The van der Waals surface area contributed by atoms with E-state index in [1.54, 1.807) is 0 Å². The van der Waals surface area contributed by atoms with Crippen molar-refractivity contribution in [2.45, 2.75) is 6.42 Å². The number of para-hydroxylation sites is 1. The molecule has 100 valence electrons. The Morgan fingerprint density at radius 1 is 1.20 bits per heavy atom. The highest BCUT2D eigenvalue weighted by Crippen LogP contribution is 2.18. The molecule has 0 atom stereocenters. The van der Waals surface area contributed by atoms with Crippen molar-refractivity contribution in [3.8, 4) is 0 Å². The molecule has 3 rings (SSSR count). The number of aromatic nitrogens is 3. The Hall–Kier alpha value is -2.89. The molecule has 0 spiro atoms. The van der Waals surface area contributed by atoms with Gasteiger partial charge in [-0.05, 0) is 17.7 Å². The van der Waals surface area contributed by atoms with Crippen LogP contribution in [0.3, 0.4) is 0 Å². The van der Waals surface area contributed by atoms with Crippen LogP contribution in [-0.2, 0) is 11.2 Å². The monoisotopic (exact) mass is 268 g/mol. The van der Waals surface area contributed by atoms with Crippen LogP contribution in [0.2, 0.25) is 0 Å². The Morgan fingerprint density at radius 2 is 2.05 bits per heavy atom. The van der Waals surface area contributed by atoms with Crippen LogP contribution in [0.1, 0.15) is 5.56 Å². The molecular formula is C14H12N4O2. The first-order valence-corrected chi connectivity index (χ1v) is 6.13. The lowest BCUT2D eigenvalue weighted by Crippen LogP contribution is -2.17. The van der Waals surface area contributed by atoms with Gasteiger partial charge < -0.3 is 10.3 Å². The summed E-state index contributed by atoms with van der Waals surface area (Å²) < 4.78 is 0. The van der Waals surface area contributed by atoms with Gasteiger partial charge in [-0.3, -0.25) is 9.59 Å². The van der Waals surface area contributed by atoms with Gasteiger partial charge in [-0.15, -0.1) is 0 Å². The average Bonchev–Trinajstić information content (AvgIpc) is 2.85. The molecule has 1 aromatic carbocycles. The maximum atomic E-state index is 12.0. The molecule has 0 aliphatic carbocycles. The van der Waals surface area contributed by atoms with Gasteiger partial charge >= 0.3 is 0 Å². The predicted octanol–water partition coefficient (Wildman–Crippen LogP) is 1.43. The minimum atomic E-state index is -0.306. The third kappa shape index (κ3) is 2.44. The first kappa shape index (κ1) is 12.2. The van der Waals surface area contributed by atoms with Gasteiger partial charge in [0.2, 0.25) is 5.91 Å². The number of anilines is 1. The summed E-state index contributed by atoms with van der Waals surface area (Å²) in [4.78, 5) is 25.9. The average molecular weight is 268 g/mol. The molecule has 3 aromatic rings. The van der Waals surface area contributed by atoms with E-state index in [1.165, 1.54) is 12.1 Å². The number of rotatable bonds is 3. The van der Waals surface area contributed by atoms with Crippen LogP contribution in [0.25, 0.3) is 10.9 Å². The van der Waals surface area contributed by atoms with Crippen LogP contribution in [0, 0.1) is 0 Å². The van der Waals surface area contributed by atoms with E-state index in [4.69, 9.17) is 0 Å². The van der Waals surface area contributed by atoms with E-state index in [0.717, 1.165) is 16.5 Å². The number of carbonyl (C=O) groups is 1. The van der Waals surface area contributed by atoms with E-state index in [0.29, 0.717) is 5.82 Å². The van der Waals surface area contributed by atoms with E-state index < -0.39 is 0 Å². The van der Waals surface area contributed by atoms with Gasteiger partial charge in [0.05, 0.1) is 6.42 Å². The van der Waals surface area contributed by atoms with Crippen LogP contribution in [0.4, 0.5) is 5.82 Å². The summed E-state index contributed by atoms with van der Waals surface area (Å²) in [5.41, 5.74) is 1.61. The highest BCUT2D eigenvalue weighted by Gasteiger charge is 2.09. The van der Waals surface area contributed by atoms with Gasteiger partial charge in [-0.25, -0.2) is 5.10 Å². The third-order valence-electron chi connectivity index (χ3n) is 2.97. The van der Waals surface area contributed by atoms with Crippen molar-refractivity contribution in [2.24, 2.45) is 0 Å². The lowest BCUT2D eigenvalue weighted by atomic mass is 10.1. The Bertz CT molecular complexity index is 799. The molecule has 0 radical (unpaired) electrons. The molecule has 3 N–H and O–H groups in total. The van der Waals surface area contributed by atoms with Gasteiger partial charge in [-0.1, -0.05) is 18.2 Å². The number of aromatic amines is 2. The molecule has 0 fully saturated rings. The van der Waals surface area contributed by atoms with Crippen molar-refractivity contribution in [3.63, 3.8) is 0 Å². The van der Waals surface area contributed by atoms with Gasteiger partial charge in [0.1, 0.15) is 0 Å². The van der Waals surface area contributed by atoms with Gasteiger partial charge in [0.25, 0.3) is 5.56 Å². The summed E-state index contributed by atoms with van der Waals surface area (Å²) in [6.07, 6.45) is 2.06. The molecule has 0 bridgehead atoms. The van der Waals surface area contributed by atoms with Crippen molar-refractivity contribution >= 4 is 22.6 Å². The van der Waals surface area contributed by atoms with Gasteiger partial charge in [0, 0.05) is 23.2 Å². The molecule has 6 nitrogen and oxygen atoms in total. The summed E-state index contributed by atoms with van der Waals surface area (Å²) in [6.45, 7) is 0. The van der Waals surface area contributed by atoms with Gasteiger partial charge in [-0.2, -0.15) is 5.10 Å². The van der Waals surface area contributed by atoms with Crippen LogP contribution >= 0.6 is 0 Å². The molecule has 0 aliphatic rings. The fraction of sp³-hybridized carbons (Fsp3) is 0.0714. The van der Waals surface area contributed by atoms with E-state index in [2.05, 4.69) is 20.5 Å². The van der Waals surface area contributed by atoms with Crippen molar-refractivity contribution in [2.75, 3.05) is 5.32 Å². The number of carbonyl (C=O) groups excluding carboxylic acids is 1. The number of H-pyrrole nitrogens is 2. The molecule has 0 saturated heterocycles. The number of nitrogens with zero attached hydrogens (tertiary/aromatic N) is 1. The Morgan fingerprint density at radius 3 is 2.85 bits per heavy atom. The number of hydrogen-bond acceptors (Lipinski definition) is 3. The highest BCUT2D eigenvalue weighted by molar-refractivity contribution is 5.95. The summed E-state index contributed by atoms with van der Waals surface area (Å²) >= 11 is 0. The number of hydrogen-bond donors (Lipinski definition) is 3. The highest BCUT2D eigenvalue weighted by atomic mass is 16.1. The maximum Gasteiger partial charge on any atom is 0.264 e. The minimum Gasteiger partial charge on any atom is -0.361 e. The second-order valence-electron chi connectivity index (χ2n) is 4.39. The molecule has 0 aliphatic heterocycles. The number of nitrogens with one attached hydrogen (secondary N) is 3. The van der Waals surface area contributed by atoms with E-state index in [9.17, 15) is 9.59 Å².